The van der Waals surface area contributed by atoms with Gasteiger partial charge < -0.3 is 9.84 Å². The molecular weight excluding hydrogens is 451 g/mol. The average Bonchev–Trinajstić information content (AvgIpc) is 2.59. The Balaban J connectivity index is 0.00000784. The van der Waals surface area contributed by atoms with Gasteiger partial charge in [0.2, 0.25) is 11.6 Å². The Labute approximate surface area is 176 Å². The molecule has 29 heavy (non-hydrogen) atoms. The van der Waals surface area contributed by atoms with Gasteiger partial charge in [-0.05, 0) is 0 Å². The van der Waals surface area contributed by atoms with E-state index < -0.39 is 71.5 Å². The predicted molar refractivity (Wildman–Crippen MR) is 66.5 cm³/mol. The molecule has 1 aromatic carbocycles. The first-order chi connectivity index (χ1) is 12.5. The Morgan fingerprint density at radius 3 is 1.48 bits per heavy atom. The molecule has 0 spiro atoms. The Morgan fingerprint density at radius 1 is 0.759 bits per heavy atom. The van der Waals surface area contributed by atoms with Crippen molar-refractivity contribution in [2.45, 2.75) is 23.7 Å². The van der Waals surface area contributed by atoms with Crippen molar-refractivity contribution in [3.05, 3.63) is 35.4 Å². The van der Waals surface area contributed by atoms with Gasteiger partial charge in [-0.15, -0.1) is 0 Å². The van der Waals surface area contributed by atoms with Crippen LogP contribution in [0.15, 0.2) is 6.58 Å². The number of hydrogen-bond donors (Lipinski definition) is 0. The average molecular weight is 458 g/mol. The van der Waals surface area contributed by atoms with Crippen LogP contribution in [0.1, 0.15) is 5.56 Å². The maximum absolute atomic E-state index is 13.5. The molecule has 1 rings (SSSR count). The van der Waals surface area contributed by atoms with Gasteiger partial charge in [-0.2, -0.15) is 35.1 Å². The summed E-state index contributed by atoms with van der Waals surface area (Å²) in [5, 5.41) is 9.95. The third-order valence-electron chi connectivity index (χ3n) is 3.35. The second kappa shape index (κ2) is 8.94. The minimum atomic E-state index is -6.96. The summed E-state index contributed by atoms with van der Waals surface area (Å²) in [6, 6.07) is 0. The smallest absolute Gasteiger partial charge is 0.850 e. The van der Waals surface area contributed by atoms with Crippen molar-refractivity contribution in [2.24, 2.45) is 0 Å². The van der Waals surface area contributed by atoms with Gasteiger partial charge in [-0.3, -0.25) is 0 Å². The fourth-order valence-electron chi connectivity index (χ4n) is 1.74. The topological polar surface area (TPSA) is 32.3 Å². The van der Waals surface area contributed by atoms with Crippen molar-refractivity contribution < 1.29 is 92.1 Å². The predicted octanol–water partition coefficient (Wildman–Crippen LogP) is 1.17. The van der Waals surface area contributed by atoms with E-state index in [0.717, 1.165) is 0 Å². The fourth-order valence-corrected chi connectivity index (χ4v) is 1.74. The van der Waals surface area contributed by atoms with Gasteiger partial charge in [-0.25, -0.2) is 17.6 Å². The quantitative estimate of drug-likeness (QED) is 0.333. The summed E-state index contributed by atoms with van der Waals surface area (Å²) < 4.78 is 162. The SMILES string of the molecule is C=Cc1c(F)c(F)c(OCC(F)(F)C(F)(F)C(F)(F)C(F)(F)C[O-])c(F)c1F.[Na+]. The van der Waals surface area contributed by atoms with Crippen LogP contribution >= 0.6 is 0 Å². The number of hydrogen-bond acceptors (Lipinski definition) is 2. The second-order valence-electron chi connectivity index (χ2n) is 5.19. The van der Waals surface area contributed by atoms with Gasteiger partial charge in [0.05, 0.1) is 5.56 Å². The van der Waals surface area contributed by atoms with Crippen LogP contribution in [0.5, 0.6) is 5.75 Å². The summed E-state index contributed by atoms with van der Waals surface area (Å²) >= 11 is 0. The third-order valence-corrected chi connectivity index (χ3v) is 3.35. The van der Waals surface area contributed by atoms with Crippen molar-refractivity contribution in [2.75, 3.05) is 13.2 Å². The first-order valence-corrected chi connectivity index (χ1v) is 6.70. The van der Waals surface area contributed by atoms with Crippen molar-refractivity contribution in [3.8, 4) is 5.75 Å². The molecule has 0 amide bonds. The Hall–Kier alpha value is -1.12. The zero-order chi connectivity index (χ0) is 22.3. The van der Waals surface area contributed by atoms with E-state index in [1.165, 1.54) is 0 Å². The van der Waals surface area contributed by atoms with E-state index >= 15 is 0 Å². The molecule has 0 atom stereocenters. The first kappa shape index (κ1) is 27.9. The standard InChI is InChI=1S/C14H7F12O2.Na/c1-2-5-6(15)8(17)10(9(18)7(5)16)28-4-12(21,22)14(25,26)13(23,24)11(19,20)3-27;/h2H,1,3-4H2;/q-1;+1. The van der Waals surface area contributed by atoms with Crippen molar-refractivity contribution >= 4 is 6.08 Å². The van der Waals surface area contributed by atoms with Gasteiger partial charge in [0.15, 0.2) is 24.0 Å². The molecule has 0 heterocycles. The number of rotatable bonds is 8. The molecule has 0 saturated heterocycles. The summed E-state index contributed by atoms with van der Waals surface area (Å²) in [4.78, 5) is 0. The molecule has 0 aliphatic carbocycles. The van der Waals surface area contributed by atoms with E-state index in [1.807, 2.05) is 0 Å². The van der Waals surface area contributed by atoms with Crippen molar-refractivity contribution in [3.63, 3.8) is 0 Å². The molecule has 160 valence electrons. The van der Waals surface area contributed by atoms with E-state index in [1.54, 1.807) is 0 Å². The van der Waals surface area contributed by atoms with Crippen LogP contribution in [0.2, 0.25) is 0 Å². The van der Waals surface area contributed by atoms with Gasteiger partial charge in [0.25, 0.3) is 0 Å². The molecule has 1 aromatic rings. The van der Waals surface area contributed by atoms with Crippen LogP contribution in [0.4, 0.5) is 52.7 Å². The van der Waals surface area contributed by atoms with Crippen LogP contribution < -0.4 is 39.4 Å². The minimum absolute atomic E-state index is 0. The van der Waals surface area contributed by atoms with Crippen molar-refractivity contribution in [1.82, 2.24) is 0 Å². The molecule has 0 aliphatic heterocycles. The van der Waals surface area contributed by atoms with E-state index in [9.17, 15) is 57.8 Å². The molecule has 0 aliphatic rings. The Bertz CT molecular complexity index is 736. The third kappa shape index (κ3) is 4.49. The van der Waals surface area contributed by atoms with Crippen LogP contribution in [0.3, 0.4) is 0 Å². The fraction of sp³-hybridized carbons (Fsp3) is 0.429. The Morgan fingerprint density at radius 2 is 1.14 bits per heavy atom. The molecule has 0 bridgehead atoms. The maximum Gasteiger partial charge on any atom is 1.00 e. The van der Waals surface area contributed by atoms with E-state index in [-0.39, 0.29) is 35.6 Å². The summed E-state index contributed by atoms with van der Waals surface area (Å²) in [5.41, 5.74) is -1.43. The first-order valence-electron chi connectivity index (χ1n) is 6.70. The zero-order valence-corrected chi connectivity index (χ0v) is 16.1. The second-order valence-corrected chi connectivity index (χ2v) is 5.19. The number of halogens is 12. The van der Waals surface area contributed by atoms with Crippen LogP contribution in [0, 0.1) is 23.3 Å². The summed E-state index contributed by atoms with van der Waals surface area (Å²) in [6.45, 7) is -3.52. The monoisotopic (exact) mass is 458 g/mol. The molecule has 2 nitrogen and oxygen atoms in total. The van der Waals surface area contributed by atoms with Gasteiger partial charge >= 0.3 is 53.2 Å². The summed E-state index contributed by atoms with van der Waals surface area (Å²) in [6.07, 6.45) is 0.259. The summed E-state index contributed by atoms with van der Waals surface area (Å²) in [7, 11) is 0. The van der Waals surface area contributed by atoms with Crippen LogP contribution in [-0.2, 0) is 0 Å². The van der Waals surface area contributed by atoms with E-state index in [0.29, 0.717) is 0 Å². The van der Waals surface area contributed by atoms with Crippen molar-refractivity contribution in [1.29, 1.82) is 0 Å². The number of alkyl halides is 8. The minimum Gasteiger partial charge on any atom is -0.850 e. The molecule has 0 radical (unpaired) electrons. The number of benzene rings is 1. The Kier molecular flexibility index (Phi) is 8.59. The molecular formula is C14H7F12NaO2. The molecule has 0 unspecified atom stereocenters. The van der Waals surface area contributed by atoms with Gasteiger partial charge in [-0.1, -0.05) is 19.3 Å². The van der Waals surface area contributed by atoms with Gasteiger partial charge in [0.1, 0.15) is 0 Å². The maximum atomic E-state index is 13.5. The van der Waals surface area contributed by atoms with E-state index in [4.69, 9.17) is 0 Å². The molecule has 0 fully saturated rings. The molecule has 0 N–H and O–H groups in total. The van der Waals surface area contributed by atoms with Crippen LogP contribution in [0.25, 0.3) is 6.08 Å². The summed E-state index contributed by atoms with van der Waals surface area (Å²) in [5.74, 6) is -38.1. The zero-order valence-electron chi connectivity index (χ0n) is 14.1. The normalized spacial score (nSPS) is 13.1. The molecule has 0 saturated carbocycles. The largest absolute Gasteiger partial charge is 1.00 e. The number of ether oxygens (including phenoxy) is 1. The van der Waals surface area contributed by atoms with Crippen LogP contribution in [-0.4, -0.2) is 36.9 Å². The van der Waals surface area contributed by atoms with E-state index in [2.05, 4.69) is 11.3 Å². The van der Waals surface area contributed by atoms with Gasteiger partial charge in [0, 0.05) is 0 Å². The molecule has 0 aromatic heterocycles. The molecule has 15 heteroatoms.